The highest BCUT2D eigenvalue weighted by atomic mass is 16.6. The summed E-state index contributed by atoms with van der Waals surface area (Å²) in [5, 5.41) is 0. The van der Waals surface area contributed by atoms with Gasteiger partial charge in [-0.1, -0.05) is 30.3 Å². The number of anilines is 2. The van der Waals surface area contributed by atoms with Gasteiger partial charge in [-0.05, 0) is 5.56 Å². The van der Waals surface area contributed by atoms with Gasteiger partial charge < -0.3 is 5.73 Å². The van der Waals surface area contributed by atoms with E-state index < -0.39 is 10.9 Å². The molecule has 0 saturated heterocycles. The van der Waals surface area contributed by atoms with Crippen LogP contribution in [0.15, 0.2) is 39.9 Å². The molecule has 2 aromatic rings. The minimum absolute atomic E-state index is 0.0425. The van der Waals surface area contributed by atoms with Crippen LogP contribution >= 0.6 is 0 Å². The van der Waals surface area contributed by atoms with E-state index in [1.807, 2.05) is 30.3 Å². The van der Waals surface area contributed by atoms with Crippen LogP contribution in [0.2, 0.25) is 0 Å². The van der Waals surface area contributed by atoms with Gasteiger partial charge in [-0.2, -0.15) is 0 Å². The molecule has 2 aromatic carbocycles. The van der Waals surface area contributed by atoms with Crippen molar-refractivity contribution in [3.63, 3.8) is 0 Å². The van der Waals surface area contributed by atoms with Gasteiger partial charge in [0.15, 0.2) is 0 Å². The SMILES string of the molecule is Nc1c(NOCc2ccccc2)c(=O)c1=O. The fourth-order valence-electron chi connectivity index (χ4n) is 1.28. The number of nitrogen functional groups attached to an aromatic ring is 1. The topological polar surface area (TPSA) is 81.4 Å². The van der Waals surface area contributed by atoms with E-state index in [-0.39, 0.29) is 11.4 Å². The first-order chi connectivity index (χ1) is 7.70. The summed E-state index contributed by atoms with van der Waals surface area (Å²) in [6.07, 6.45) is 0. The Balaban J connectivity index is 1.91. The lowest BCUT2D eigenvalue weighted by atomic mass is 10.2. The number of benzene rings is 1. The molecule has 2 rings (SSSR count). The molecule has 0 spiro atoms. The third kappa shape index (κ3) is 1.80. The molecule has 5 heteroatoms. The zero-order valence-electron chi connectivity index (χ0n) is 8.40. The summed E-state index contributed by atoms with van der Waals surface area (Å²) in [6, 6.07) is 9.42. The van der Waals surface area contributed by atoms with Crippen molar-refractivity contribution in [2.75, 3.05) is 11.2 Å². The van der Waals surface area contributed by atoms with Crippen LogP contribution in [-0.4, -0.2) is 0 Å². The third-order valence-electron chi connectivity index (χ3n) is 2.20. The molecule has 0 radical (unpaired) electrons. The van der Waals surface area contributed by atoms with Crippen LogP contribution in [0.5, 0.6) is 0 Å². The first kappa shape index (κ1) is 10.4. The number of nitrogens with two attached hydrogens (primary N) is 1. The average Bonchev–Trinajstić information content (AvgIpc) is 2.34. The van der Waals surface area contributed by atoms with E-state index in [0.717, 1.165) is 5.56 Å². The maximum absolute atomic E-state index is 11.0. The van der Waals surface area contributed by atoms with Gasteiger partial charge in [-0.15, -0.1) is 0 Å². The van der Waals surface area contributed by atoms with Crippen LogP contribution in [0.1, 0.15) is 5.56 Å². The smallest absolute Gasteiger partial charge is 0.255 e. The number of hydrogen-bond donors (Lipinski definition) is 2. The van der Waals surface area contributed by atoms with Gasteiger partial charge in [0.1, 0.15) is 11.4 Å². The Labute approximate surface area is 91.1 Å². The van der Waals surface area contributed by atoms with Crippen LogP contribution in [0, 0.1) is 0 Å². The molecule has 0 aliphatic heterocycles. The van der Waals surface area contributed by atoms with E-state index in [2.05, 4.69) is 5.48 Å². The largest absolute Gasteiger partial charge is 0.394 e. The van der Waals surface area contributed by atoms with Crippen molar-refractivity contribution >= 4 is 11.4 Å². The summed E-state index contributed by atoms with van der Waals surface area (Å²) in [7, 11) is 0. The Kier molecular flexibility index (Phi) is 2.70. The fraction of sp³-hybridized carbons (Fsp3) is 0.0909. The second kappa shape index (κ2) is 4.16. The Hall–Kier alpha value is -2.14. The Morgan fingerprint density at radius 3 is 2.44 bits per heavy atom. The normalized spacial score (nSPS) is 10.5. The highest BCUT2D eigenvalue weighted by Gasteiger charge is 2.17. The predicted molar refractivity (Wildman–Crippen MR) is 60.6 cm³/mol. The maximum atomic E-state index is 11.0. The standard InChI is InChI=1S/C11H10N2O3/c12-8-9(11(15)10(8)14)13-16-6-7-4-2-1-3-5-7/h1-5,13H,6,12H2. The summed E-state index contributed by atoms with van der Waals surface area (Å²) >= 11 is 0. The molecule has 0 unspecified atom stereocenters. The summed E-state index contributed by atoms with van der Waals surface area (Å²) in [4.78, 5) is 26.8. The molecular formula is C11H10N2O3. The minimum atomic E-state index is -0.661. The summed E-state index contributed by atoms with van der Waals surface area (Å²) in [5.74, 6) is 0. The zero-order chi connectivity index (χ0) is 11.5. The molecule has 0 bridgehead atoms. The van der Waals surface area contributed by atoms with Crippen molar-refractivity contribution in [2.24, 2.45) is 0 Å². The second-order valence-electron chi connectivity index (χ2n) is 3.32. The van der Waals surface area contributed by atoms with E-state index in [1.165, 1.54) is 0 Å². The molecule has 0 atom stereocenters. The molecule has 16 heavy (non-hydrogen) atoms. The summed E-state index contributed by atoms with van der Waals surface area (Å²) < 4.78 is 0. The number of hydrogen-bond acceptors (Lipinski definition) is 5. The molecule has 0 aliphatic carbocycles. The molecule has 0 heterocycles. The highest BCUT2D eigenvalue weighted by molar-refractivity contribution is 5.70. The molecule has 82 valence electrons. The monoisotopic (exact) mass is 218 g/mol. The molecule has 3 N–H and O–H groups in total. The second-order valence-corrected chi connectivity index (χ2v) is 3.32. The molecule has 0 aromatic heterocycles. The molecule has 0 fully saturated rings. The first-order valence-corrected chi connectivity index (χ1v) is 4.70. The lowest BCUT2D eigenvalue weighted by Gasteiger charge is -2.09. The predicted octanol–water partition coefficient (Wildman–Crippen LogP) is 0.408. The van der Waals surface area contributed by atoms with Gasteiger partial charge in [0.2, 0.25) is 0 Å². The Morgan fingerprint density at radius 1 is 1.12 bits per heavy atom. The lowest BCUT2D eigenvalue weighted by Crippen LogP contribution is -2.37. The zero-order valence-corrected chi connectivity index (χ0v) is 8.40. The van der Waals surface area contributed by atoms with Gasteiger partial charge in [0.25, 0.3) is 10.9 Å². The van der Waals surface area contributed by atoms with Gasteiger partial charge >= 0.3 is 0 Å². The van der Waals surface area contributed by atoms with Gasteiger partial charge in [0, 0.05) is 0 Å². The molecular weight excluding hydrogens is 208 g/mol. The van der Waals surface area contributed by atoms with Crippen molar-refractivity contribution < 1.29 is 4.84 Å². The molecule has 0 amide bonds. The molecule has 0 aliphatic rings. The van der Waals surface area contributed by atoms with Crippen LogP contribution in [0.3, 0.4) is 0 Å². The van der Waals surface area contributed by atoms with E-state index in [1.54, 1.807) is 0 Å². The third-order valence-corrected chi connectivity index (χ3v) is 2.20. The Morgan fingerprint density at radius 2 is 1.81 bits per heavy atom. The van der Waals surface area contributed by atoms with Crippen molar-refractivity contribution in [3.05, 3.63) is 56.3 Å². The van der Waals surface area contributed by atoms with E-state index in [9.17, 15) is 9.59 Å². The fourth-order valence-corrected chi connectivity index (χ4v) is 1.28. The molecule has 5 nitrogen and oxygen atoms in total. The average molecular weight is 218 g/mol. The Bertz CT molecular complexity index is 556. The summed E-state index contributed by atoms with van der Waals surface area (Å²) in [6.45, 7) is 0.291. The van der Waals surface area contributed by atoms with Crippen LogP contribution < -0.4 is 22.1 Å². The van der Waals surface area contributed by atoms with Gasteiger partial charge in [-0.3, -0.25) is 19.9 Å². The number of rotatable bonds is 4. The summed E-state index contributed by atoms with van der Waals surface area (Å²) in [5.41, 5.74) is 7.31. The van der Waals surface area contributed by atoms with E-state index in [4.69, 9.17) is 10.6 Å². The van der Waals surface area contributed by atoms with Crippen LogP contribution in [0.25, 0.3) is 0 Å². The molecule has 0 saturated carbocycles. The van der Waals surface area contributed by atoms with E-state index >= 15 is 0 Å². The maximum Gasteiger partial charge on any atom is 0.255 e. The first-order valence-electron chi connectivity index (χ1n) is 4.70. The van der Waals surface area contributed by atoms with Crippen molar-refractivity contribution in [1.82, 2.24) is 0 Å². The highest BCUT2D eigenvalue weighted by Crippen LogP contribution is 2.09. The lowest BCUT2D eigenvalue weighted by molar-refractivity contribution is 0.180. The van der Waals surface area contributed by atoms with Crippen molar-refractivity contribution in [2.45, 2.75) is 6.61 Å². The minimum Gasteiger partial charge on any atom is -0.394 e. The van der Waals surface area contributed by atoms with Crippen LogP contribution in [0.4, 0.5) is 11.4 Å². The van der Waals surface area contributed by atoms with E-state index in [0.29, 0.717) is 6.61 Å². The number of nitrogens with one attached hydrogen (secondary N) is 1. The van der Waals surface area contributed by atoms with Crippen LogP contribution in [-0.2, 0) is 11.4 Å². The van der Waals surface area contributed by atoms with Crippen molar-refractivity contribution in [3.8, 4) is 0 Å². The van der Waals surface area contributed by atoms with Gasteiger partial charge in [-0.25, -0.2) is 0 Å². The quantitative estimate of drug-likeness (QED) is 0.573. The van der Waals surface area contributed by atoms with Crippen molar-refractivity contribution in [1.29, 1.82) is 0 Å². The van der Waals surface area contributed by atoms with Gasteiger partial charge in [0.05, 0.1) is 6.61 Å².